The first-order valence-electron chi connectivity index (χ1n) is 11.4. The Labute approximate surface area is 194 Å². The van der Waals surface area contributed by atoms with Crippen molar-refractivity contribution in [3.8, 4) is 0 Å². The van der Waals surface area contributed by atoms with Gasteiger partial charge in [0.15, 0.2) is 0 Å². The molecule has 3 aromatic rings. The summed E-state index contributed by atoms with van der Waals surface area (Å²) in [5.41, 5.74) is 8.43. The minimum atomic E-state index is -0.681. The predicted molar refractivity (Wildman–Crippen MR) is 130 cm³/mol. The van der Waals surface area contributed by atoms with Crippen LogP contribution in [0.3, 0.4) is 0 Å². The molecule has 1 aliphatic heterocycles. The number of aryl methyl sites for hydroxylation is 1. The van der Waals surface area contributed by atoms with Crippen LogP contribution in [0.15, 0.2) is 54.6 Å². The van der Waals surface area contributed by atoms with Crippen LogP contribution in [0.5, 0.6) is 0 Å². The van der Waals surface area contributed by atoms with Gasteiger partial charge in [0, 0.05) is 18.7 Å². The van der Waals surface area contributed by atoms with Gasteiger partial charge in [-0.05, 0) is 61.3 Å². The van der Waals surface area contributed by atoms with Crippen LogP contribution in [0.1, 0.15) is 29.7 Å². The summed E-state index contributed by atoms with van der Waals surface area (Å²) in [6, 6.07) is 16.9. The number of likely N-dealkylation sites (N-methyl/N-ethyl adjacent to an activating group) is 1. The molecule has 4 rings (SSSR count). The molecule has 2 atom stereocenters. The fourth-order valence-electron chi connectivity index (χ4n) is 4.51. The fourth-order valence-corrected chi connectivity index (χ4v) is 4.51. The van der Waals surface area contributed by atoms with Crippen LogP contribution in [0.4, 0.5) is 5.82 Å². The van der Waals surface area contributed by atoms with Gasteiger partial charge in [-0.3, -0.25) is 14.5 Å². The van der Waals surface area contributed by atoms with Crippen molar-refractivity contribution in [1.29, 1.82) is 0 Å². The Bertz CT molecular complexity index is 1160. The summed E-state index contributed by atoms with van der Waals surface area (Å²) in [7, 11) is 1.95. The second kappa shape index (κ2) is 10.0. The van der Waals surface area contributed by atoms with Crippen LogP contribution in [0.25, 0.3) is 10.8 Å². The van der Waals surface area contributed by atoms with Gasteiger partial charge in [-0.1, -0.05) is 48.5 Å². The van der Waals surface area contributed by atoms with Crippen LogP contribution < -0.4 is 16.4 Å². The van der Waals surface area contributed by atoms with Crippen molar-refractivity contribution in [2.75, 3.05) is 19.3 Å². The lowest BCUT2D eigenvalue weighted by molar-refractivity contribution is -0.131. The van der Waals surface area contributed by atoms with Gasteiger partial charge in [0.05, 0.1) is 6.04 Å². The number of hydrogen-bond acceptors (Lipinski definition) is 5. The predicted octanol–water partition coefficient (Wildman–Crippen LogP) is 2.56. The Morgan fingerprint density at radius 2 is 1.91 bits per heavy atom. The van der Waals surface area contributed by atoms with E-state index >= 15 is 0 Å². The standard InChI is InChI=1S/C26H31N5O2/c1-17-20(12-13-24(27)29-17)16-28-25(32)22(30-26(33)23-11-6-14-31(23)2)15-19-9-5-8-18-7-3-4-10-21(18)19/h3-5,7-10,12-13,22-23H,6,11,14-16H2,1-2H3,(H2,27,29)(H,28,32)(H,30,33)/t22?,23-/m1/s1. The number of pyridine rings is 1. The molecule has 2 amide bonds. The summed E-state index contributed by atoms with van der Waals surface area (Å²) in [6.07, 6.45) is 2.20. The van der Waals surface area contributed by atoms with Gasteiger partial charge in [-0.2, -0.15) is 0 Å². The first-order valence-corrected chi connectivity index (χ1v) is 11.4. The van der Waals surface area contributed by atoms with Gasteiger partial charge in [0.25, 0.3) is 0 Å². The quantitative estimate of drug-likeness (QED) is 0.519. The third-order valence-corrected chi connectivity index (χ3v) is 6.43. The normalized spacial score (nSPS) is 17.1. The van der Waals surface area contributed by atoms with Crippen LogP contribution >= 0.6 is 0 Å². The molecule has 172 valence electrons. The van der Waals surface area contributed by atoms with Crippen molar-refractivity contribution < 1.29 is 9.59 Å². The SMILES string of the molecule is Cc1nc(N)ccc1CNC(=O)C(Cc1cccc2ccccc12)NC(=O)[C@H]1CCCN1C. The number of rotatable bonds is 7. The molecule has 0 radical (unpaired) electrons. The van der Waals surface area contributed by atoms with E-state index in [0.717, 1.165) is 47.0 Å². The number of carbonyl (C=O) groups is 2. The topological polar surface area (TPSA) is 100 Å². The maximum absolute atomic E-state index is 13.3. The zero-order valence-corrected chi connectivity index (χ0v) is 19.2. The first-order chi connectivity index (χ1) is 15.9. The number of likely N-dealkylation sites (tertiary alicyclic amines) is 1. The zero-order chi connectivity index (χ0) is 23.4. The number of fused-ring (bicyclic) bond motifs is 1. The van der Waals surface area contributed by atoms with E-state index in [-0.39, 0.29) is 17.9 Å². The Hall–Kier alpha value is -3.45. The molecule has 1 unspecified atom stereocenters. The maximum atomic E-state index is 13.3. The third-order valence-electron chi connectivity index (χ3n) is 6.43. The summed E-state index contributed by atoms with van der Waals surface area (Å²) < 4.78 is 0. The molecule has 0 aliphatic carbocycles. The number of carbonyl (C=O) groups excluding carboxylic acids is 2. The Morgan fingerprint density at radius 1 is 1.12 bits per heavy atom. The van der Waals surface area contributed by atoms with Crippen LogP contribution in [0.2, 0.25) is 0 Å². The second-order valence-corrected chi connectivity index (χ2v) is 8.74. The molecule has 0 spiro atoms. The van der Waals surface area contributed by atoms with Crippen molar-refractivity contribution in [1.82, 2.24) is 20.5 Å². The van der Waals surface area contributed by atoms with Crippen molar-refractivity contribution >= 4 is 28.4 Å². The summed E-state index contributed by atoms with van der Waals surface area (Å²) in [5, 5.41) is 8.22. The Balaban J connectivity index is 1.54. The van der Waals surface area contributed by atoms with Crippen molar-refractivity contribution in [3.05, 3.63) is 71.4 Å². The molecule has 7 nitrogen and oxygen atoms in total. The van der Waals surface area contributed by atoms with Crippen LogP contribution in [-0.2, 0) is 22.6 Å². The van der Waals surface area contributed by atoms with Crippen molar-refractivity contribution in [2.24, 2.45) is 0 Å². The van der Waals surface area contributed by atoms with Gasteiger partial charge in [-0.25, -0.2) is 4.98 Å². The molecule has 1 fully saturated rings. The van der Waals surface area contributed by atoms with Crippen molar-refractivity contribution in [3.63, 3.8) is 0 Å². The van der Waals surface area contributed by atoms with Crippen LogP contribution in [0, 0.1) is 6.92 Å². The molecule has 0 bridgehead atoms. The van der Waals surface area contributed by atoms with Gasteiger partial charge in [-0.15, -0.1) is 0 Å². The molecular formula is C26H31N5O2. The minimum absolute atomic E-state index is 0.0966. The molecule has 2 aromatic carbocycles. The molecule has 33 heavy (non-hydrogen) atoms. The number of nitrogens with two attached hydrogens (primary N) is 1. The van der Waals surface area contributed by atoms with E-state index in [2.05, 4.69) is 33.8 Å². The number of anilines is 1. The van der Waals surface area contributed by atoms with Gasteiger partial charge in [0.2, 0.25) is 11.8 Å². The Kier molecular flexibility index (Phi) is 6.89. The molecule has 2 heterocycles. The van der Waals surface area contributed by atoms with E-state index in [4.69, 9.17) is 5.73 Å². The highest BCUT2D eigenvalue weighted by atomic mass is 16.2. The van der Waals surface area contributed by atoms with Gasteiger partial charge < -0.3 is 16.4 Å². The van der Waals surface area contributed by atoms with Crippen LogP contribution in [-0.4, -0.2) is 47.4 Å². The lowest BCUT2D eigenvalue weighted by Gasteiger charge is -2.24. The molecule has 0 saturated carbocycles. The molecule has 7 heteroatoms. The largest absolute Gasteiger partial charge is 0.384 e. The smallest absolute Gasteiger partial charge is 0.243 e. The number of amides is 2. The lowest BCUT2D eigenvalue weighted by Crippen LogP contribution is -2.52. The number of nitrogens with zero attached hydrogens (tertiary/aromatic N) is 2. The maximum Gasteiger partial charge on any atom is 0.243 e. The molecular weight excluding hydrogens is 414 g/mol. The number of hydrogen-bond donors (Lipinski definition) is 3. The second-order valence-electron chi connectivity index (χ2n) is 8.74. The highest BCUT2D eigenvalue weighted by molar-refractivity contribution is 5.91. The molecule has 4 N–H and O–H groups in total. The van der Waals surface area contributed by atoms with E-state index < -0.39 is 6.04 Å². The first kappa shape index (κ1) is 22.7. The monoisotopic (exact) mass is 445 g/mol. The summed E-state index contributed by atoms with van der Waals surface area (Å²) >= 11 is 0. The third kappa shape index (κ3) is 5.31. The molecule has 1 aliphatic rings. The molecule has 1 saturated heterocycles. The highest BCUT2D eigenvalue weighted by Gasteiger charge is 2.31. The fraction of sp³-hybridized carbons (Fsp3) is 0.346. The number of nitrogen functional groups attached to an aromatic ring is 1. The summed E-state index contributed by atoms with van der Waals surface area (Å²) in [4.78, 5) is 32.6. The molecule has 1 aromatic heterocycles. The zero-order valence-electron chi connectivity index (χ0n) is 19.2. The Morgan fingerprint density at radius 3 is 2.67 bits per heavy atom. The average Bonchev–Trinajstić information content (AvgIpc) is 3.24. The van der Waals surface area contributed by atoms with Crippen molar-refractivity contribution in [2.45, 2.75) is 44.8 Å². The average molecular weight is 446 g/mol. The minimum Gasteiger partial charge on any atom is -0.384 e. The highest BCUT2D eigenvalue weighted by Crippen LogP contribution is 2.21. The van der Waals surface area contributed by atoms with E-state index in [9.17, 15) is 9.59 Å². The van der Waals surface area contributed by atoms with Gasteiger partial charge >= 0.3 is 0 Å². The number of benzene rings is 2. The number of aromatic nitrogens is 1. The van der Waals surface area contributed by atoms with E-state index in [0.29, 0.717) is 18.8 Å². The van der Waals surface area contributed by atoms with E-state index in [1.165, 1.54) is 0 Å². The summed E-state index contributed by atoms with van der Waals surface area (Å²) in [5.74, 6) is 0.137. The van der Waals surface area contributed by atoms with Gasteiger partial charge in [0.1, 0.15) is 11.9 Å². The number of nitrogens with one attached hydrogen (secondary N) is 2. The lowest BCUT2D eigenvalue weighted by atomic mass is 9.98. The van der Waals surface area contributed by atoms with E-state index in [1.807, 2.05) is 49.2 Å². The van der Waals surface area contributed by atoms with E-state index in [1.54, 1.807) is 6.07 Å². The summed E-state index contributed by atoms with van der Waals surface area (Å²) in [6.45, 7) is 3.08.